The van der Waals surface area contributed by atoms with Crippen LogP contribution in [-0.4, -0.2) is 26.7 Å². The molecule has 2 rings (SSSR count). The molecular weight excluding hydrogens is 379 g/mol. The number of carbonyl (C=O) groups excluding carboxylic acids is 1. The summed E-state index contributed by atoms with van der Waals surface area (Å²) in [5, 5.41) is 7.73. The molecular formula is C19H20F3NO3S. The summed E-state index contributed by atoms with van der Waals surface area (Å²) in [5.41, 5.74) is 4.06. The summed E-state index contributed by atoms with van der Waals surface area (Å²) in [6.07, 6.45) is -4.50. The number of amides is 1. The molecule has 0 aliphatic rings. The van der Waals surface area contributed by atoms with Crippen molar-refractivity contribution in [1.29, 1.82) is 0 Å². The number of hydrogen-bond donors (Lipinski definition) is 2. The molecule has 4 nitrogen and oxygen atoms in total. The Kier molecular flexibility index (Phi) is 7.15. The minimum absolute atomic E-state index is 0.0585. The minimum Gasteiger partial charge on any atom is -0.289 e. The Bertz CT molecular complexity index is 789. The highest BCUT2D eigenvalue weighted by atomic mass is 32.2. The van der Waals surface area contributed by atoms with Gasteiger partial charge in [0.1, 0.15) is 5.25 Å². The zero-order valence-electron chi connectivity index (χ0n) is 14.6. The maximum Gasteiger partial charge on any atom is 0.389 e. The molecule has 0 fully saturated rings. The van der Waals surface area contributed by atoms with E-state index < -0.39 is 34.6 Å². The molecule has 2 unspecified atom stereocenters. The molecule has 2 atom stereocenters. The van der Waals surface area contributed by atoms with Gasteiger partial charge >= 0.3 is 6.18 Å². The van der Waals surface area contributed by atoms with Crippen molar-refractivity contribution in [2.75, 3.05) is 0 Å². The zero-order valence-corrected chi connectivity index (χ0v) is 15.4. The summed E-state index contributed by atoms with van der Waals surface area (Å²) in [5.74, 6) is -0.724. The van der Waals surface area contributed by atoms with Crippen molar-refractivity contribution in [2.45, 2.75) is 42.5 Å². The van der Waals surface area contributed by atoms with Crippen LogP contribution >= 0.6 is 0 Å². The Morgan fingerprint density at radius 1 is 1.07 bits per heavy atom. The number of hydroxylamine groups is 1. The number of benzene rings is 2. The molecule has 146 valence electrons. The van der Waals surface area contributed by atoms with Crippen molar-refractivity contribution >= 4 is 16.7 Å². The quantitative estimate of drug-likeness (QED) is 0.541. The summed E-state index contributed by atoms with van der Waals surface area (Å²) >= 11 is 0. The topological polar surface area (TPSA) is 66.4 Å². The van der Waals surface area contributed by atoms with Crippen molar-refractivity contribution in [3.8, 4) is 11.1 Å². The van der Waals surface area contributed by atoms with E-state index in [0.29, 0.717) is 11.3 Å². The van der Waals surface area contributed by atoms with Crippen LogP contribution in [0.1, 0.15) is 25.3 Å². The second-order valence-electron chi connectivity index (χ2n) is 6.11. The lowest BCUT2D eigenvalue weighted by atomic mass is 10.0. The fourth-order valence-corrected chi connectivity index (χ4v) is 3.59. The van der Waals surface area contributed by atoms with Gasteiger partial charge in [0.25, 0.3) is 5.91 Å². The lowest BCUT2D eigenvalue weighted by Gasteiger charge is -2.10. The van der Waals surface area contributed by atoms with E-state index in [2.05, 4.69) is 0 Å². The summed E-state index contributed by atoms with van der Waals surface area (Å²) in [6, 6.07) is 14.1. The third-order valence-electron chi connectivity index (χ3n) is 4.10. The minimum atomic E-state index is -4.13. The van der Waals surface area contributed by atoms with E-state index in [4.69, 9.17) is 5.21 Å². The number of carbonyl (C=O) groups is 1. The standard InChI is InChI=1S/C19H20F3NO3S/c1-13(18(24)23-25)27(26)17-10-8-16(9-11-17)15-6-4-14(5-7-15)3-2-12-19(20,21)22/h4-11,13,25H,2-3,12H2,1H3,(H,23,24). The van der Waals surface area contributed by atoms with E-state index >= 15 is 0 Å². The molecule has 0 bridgehead atoms. The molecule has 0 aromatic heterocycles. The fraction of sp³-hybridized carbons (Fsp3) is 0.316. The summed E-state index contributed by atoms with van der Waals surface area (Å²) in [7, 11) is -1.60. The molecule has 2 aromatic carbocycles. The highest BCUT2D eigenvalue weighted by Gasteiger charge is 2.26. The van der Waals surface area contributed by atoms with Crippen molar-refractivity contribution < 1.29 is 27.4 Å². The smallest absolute Gasteiger partial charge is 0.289 e. The predicted octanol–water partition coefficient (Wildman–Crippen LogP) is 4.24. The highest BCUT2D eigenvalue weighted by molar-refractivity contribution is 7.86. The lowest BCUT2D eigenvalue weighted by molar-refractivity contribution is -0.135. The van der Waals surface area contributed by atoms with Crippen molar-refractivity contribution in [1.82, 2.24) is 5.48 Å². The first-order valence-electron chi connectivity index (χ1n) is 8.32. The Hall–Kier alpha value is -2.19. The van der Waals surface area contributed by atoms with E-state index in [1.54, 1.807) is 36.4 Å². The second-order valence-corrected chi connectivity index (χ2v) is 7.88. The first-order chi connectivity index (χ1) is 12.7. The Labute approximate surface area is 157 Å². The molecule has 0 radical (unpaired) electrons. The van der Waals surface area contributed by atoms with Crippen LogP contribution in [0.4, 0.5) is 13.2 Å². The van der Waals surface area contributed by atoms with Gasteiger partial charge in [0.15, 0.2) is 0 Å². The second kappa shape index (κ2) is 9.14. The maximum absolute atomic E-state index is 12.3. The van der Waals surface area contributed by atoms with Crippen LogP contribution in [0.5, 0.6) is 0 Å². The molecule has 27 heavy (non-hydrogen) atoms. The highest BCUT2D eigenvalue weighted by Crippen LogP contribution is 2.25. The first kappa shape index (κ1) is 21.1. The van der Waals surface area contributed by atoms with E-state index in [0.717, 1.165) is 16.7 Å². The number of nitrogens with one attached hydrogen (secondary N) is 1. The van der Waals surface area contributed by atoms with Gasteiger partial charge in [-0.3, -0.25) is 14.2 Å². The lowest BCUT2D eigenvalue weighted by Crippen LogP contribution is -2.33. The molecule has 0 spiro atoms. The number of hydrogen-bond acceptors (Lipinski definition) is 3. The SMILES string of the molecule is CC(C(=O)NO)S(=O)c1ccc(-c2ccc(CCCC(F)(F)F)cc2)cc1. The molecule has 0 aliphatic carbocycles. The van der Waals surface area contributed by atoms with Gasteiger partial charge in [-0.2, -0.15) is 13.2 Å². The summed E-state index contributed by atoms with van der Waals surface area (Å²) in [4.78, 5) is 11.8. The Morgan fingerprint density at radius 3 is 2.07 bits per heavy atom. The molecule has 2 N–H and O–H groups in total. The molecule has 8 heteroatoms. The van der Waals surface area contributed by atoms with Crippen LogP contribution in [0, 0.1) is 0 Å². The molecule has 0 aliphatic heterocycles. The fourth-order valence-electron chi connectivity index (χ4n) is 2.53. The van der Waals surface area contributed by atoms with Crippen LogP contribution < -0.4 is 5.48 Å². The molecule has 0 saturated carbocycles. The molecule has 0 saturated heterocycles. The Balaban J connectivity index is 2.02. The third-order valence-corrected chi connectivity index (χ3v) is 5.69. The van der Waals surface area contributed by atoms with Crippen molar-refractivity contribution in [3.63, 3.8) is 0 Å². The van der Waals surface area contributed by atoms with Gasteiger partial charge in [0.2, 0.25) is 0 Å². The predicted molar refractivity (Wildman–Crippen MR) is 96.7 cm³/mol. The van der Waals surface area contributed by atoms with Crippen LogP contribution in [0.3, 0.4) is 0 Å². The number of rotatable bonds is 7. The van der Waals surface area contributed by atoms with Crippen molar-refractivity contribution in [3.05, 3.63) is 54.1 Å². The van der Waals surface area contributed by atoms with E-state index in [9.17, 15) is 22.2 Å². The monoisotopic (exact) mass is 399 g/mol. The molecule has 2 aromatic rings. The normalized spacial score (nSPS) is 13.8. The van der Waals surface area contributed by atoms with Gasteiger partial charge in [-0.1, -0.05) is 36.4 Å². The van der Waals surface area contributed by atoms with Crippen molar-refractivity contribution in [2.24, 2.45) is 0 Å². The maximum atomic E-state index is 12.3. The Morgan fingerprint density at radius 2 is 1.59 bits per heavy atom. The number of alkyl halides is 3. The van der Waals surface area contributed by atoms with Gasteiger partial charge in [0, 0.05) is 11.3 Å². The van der Waals surface area contributed by atoms with Gasteiger partial charge < -0.3 is 0 Å². The molecule has 1 amide bonds. The zero-order chi connectivity index (χ0) is 20.0. The van der Waals surface area contributed by atoms with Crippen LogP contribution in [0.15, 0.2) is 53.4 Å². The third kappa shape index (κ3) is 6.18. The van der Waals surface area contributed by atoms with Crippen LogP contribution in [0.2, 0.25) is 0 Å². The van der Waals surface area contributed by atoms with Gasteiger partial charge in [-0.25, -0.2) is 5.48 Å². The molecule has 0 heterocycles. The van der Waals surface area contributed by atoms with E-state index in [-0.39, 0.29) is 6.42 Å². The summed E-state index contributed by atoms with van der Waals surface area (Å²) in [6.45, 7) is 1.45. The van der Waals surface area contributed by atoms with E-state index in [1.807, 2.05) is 12.1 Å². The van der Waals surface area contributed by atoms with Gasteiger partial charge in [-0.15, -0.1) is 0 Å². The number of aryl methyl sites for hydroxylation is 1. The average Bonchev–Trinajstić information content (AvgIpc) is 2.66. The largest absolute Gasteiger partial charge is 0.389 e. The van der Waals surface area contributed by atoms with Crippen LogP contribution in [-0.2, 0) is 22.0 Å². The first-order valence-corrected chi connectivity index (χ1v) is 9.53. The van der Waals surface area contributed by atoms with Gasteiger partial charge in [0.05, 0.1) is 10.8 Å². The number of halogens is 3. The summed E-state index contributed by atoms with van der Waals surface area (Å²) < 4.78 is 48.8. The van der Waals surface area contributed by atoms with Gasteiger partial charge in [-0.05, 0) is 48.6 Å². The van der Waals surface area contributed by atoms with E-state index in [1.165, 1.54) is 12.4 Å². The van der Waals surface area contributed by atoms with Crippen LogP contribution in [0.25, 0.3) is 11.1 Å². The average molecular weight is 399 g/mol.